The summed E-state index contributed by atoms with van der Waals surface area (Å²) < 4.78 is 40.4. The number of nitrogens with one attached hydrogen (secondary N) is 2. The maximum atomic E-state index is 14.5. The van der Waals surface area contributed by atoms with E-state index in [4.69, 9.17) is 9.47 Å². The molecule has 0 aliphatic carbocycles. The topological polar surface area (TPSA) is 99.4 Å². The predicted octanol–water partition coefficient (Wildman–Crippen LogP) is 8.53. The molecular formula is C37H44F2N6O3. The Bertz CT molecular complexity index is 1620. The quantitative estimate of drug-likeness (QED) is 0.193. The average Bonchev–Trinajstić information content (AvgIpc) is 3.81. The molecule has 2 aliphatic heterocycles. The highest BCUT2D eigenvalue weighted by Gasteiger charge is 2.40. The van der Waals surface area contributed by atoms with Crippen LogP contribution in [0.5, 0.6) is 0 Å². The van der Waals surface area contributed by atoms with E-state index in [-0.39, 0.29) is 25.6 Å². The smallest absolute Gasteiger partial charge is 0.411 e. The zero-order valence-corrected chi connectivity index (χ0v) is 28.4. The average molecular weight is 659 g/mol. The summed E-state index contributed by atoms with van der Waals surface area (Å²) in [7, 11) is 0. The van der Waals surface area contributed by atoms with E-state index in [0.29, 0.717) is 24.0 Å². The lowest BCUT2D eigenvalue weighted by Gasteiger charge is -2.31. The number of imidazole rings is 2. The Morgan fingerprint density at radius 2 is 1.10 bits per heavy atom. The SMILES string of the molecule is C=C(OC(C)(C)C)N1C[C@H](F)C[C@H]1c1ncc(-c2ccc(-c3ccc(-c4cnc([C@@H]5C[C@@H](F)CN5C(=O)OC(C)(C)C)[nH]4)cc3)cc2)[nH]1. The number of hydrogen-bond acceptors (Lipinski definition) is 6. The van der Waals surface area contributed by atoms with E-state index < -0.39 is 35.7 Å². The number of alkyl halides is 2. The maximum absolute atomic E-state index is 14.5. The first-order valence-corrected chi connectivity index (χ1v) is 16.4. The number of halogens is 2. The number of benzene rings is 2. The monoisotopic (exact) mass is 658 g/mol. The molecule has 9 nitrogen and oxygen atoms in total. The van der Waals surface area contributed by atoms with E-state index >= 15 is 0 Å². The van der Waals surface area contributed by atoms with Crippen molar-refractivity contribution >= 4 is 6.09 Å². The fraction of sp³-hybridized carbons (Fsp3) is 0.432. The van der Waals surface area contributed by atoms with Gasteiger partial charge in [0.2, 0.25) is 0 Å². The van der Waals surface area contributed by atoms with E-state index in [1.54, 1.807) is 33.2 Å². The zero-order valence-electron chi connectivity index (χ0n) is 28.4. The van der Waals surface area contributed by atoms with Gasteiger partial charge in [-0.25, -0.2) is 23.5 Å². The molecule has 0 radical (unpaired) electrons. The van der Waals surface area contributed by atoms with Crippen LogP contribution in [0.4, 0.5) is 13.6 Å². The highest BCUT2D eigenvalue weighted by atomic mass is 19.1. The molecule has 2 aromatic carbocycles. The van der Waals surface area contributed by atoms with Gasteiger partial charge in [0.1, 0.15) is 35.2 Å². The summed E-state index contributed by atoms with van der Waals surface area (Å²) in [6.07, 6.45) is 1.30. The van der Waals surface area contributed by atoms with Gasteiger partial charge < -0.3 is 24.3 Å². The summed E-state index contributed by atoms with van der Waals surface area (Å²) in [6, 6.07) is 15.4. The van der Waals surface area contributed by atoms with Crippen LogP contribution in [0.1, 0.15) is 78.1 Å². The number of carbonyl (C=O) groups excluding carboxylic acids is 1. The molecular weight excluding hydrogens is 614 g/mol. The maximum Gasteiger partial charge on any atom is 0.411 e. The van der Waals surface area contributed by atoms with Crippen molar-refractivity contribution in [1.82, 2.24) is 29.7 Å². The van der Waals surface area contributed by atoms with Gasteiger partial charge >= 0.3 is 6.09 Å². The first-order valence-electron chi connectivity index (χ1n) is 16.4. The zero-order chi connectivity index (χ0) is 34.4. The van der Waals surface area contributed by atoms with Crippen molar-refractivity contribution in [2.24, 2.45) is 0 Å². The van der Waals surface area contributed by atoms with Crippen LogP contribution in [-0.2, 0) is 9.47 Å². The lowest BCUT2D eigenvalue weighted by atomic mass is 10.0. The van der Waals surface area contributed by atoms with Crippen LogP contribution in [0.3, 0.4) is 0 Å². The Balaban J connectivity index is 1.12. The minimum absolute atomic E-state index is 0.0213. The van der Waals surface area contributed by atoms with Crippen LogP contribution < -0.4 is 0 Å². The van der Waals surface area contributed by atoms with Crippen molar-refractivity contribution in [3.63, 3.8) is 0 Å². The lowest BCUT2D eigenvalue weighted by molar-refractivity contribution is -0.00239. The third-order valence-electron chi connectivity index (χ3n) is 8.42. The van der Waals surface area contributed by atoms with E-state index in [2.05, 4.69) is 38.6 Å². The second kappa shape index (κ2) is 12.7. The molecule has 4 atom stereocenters. The fourth-order valence-electron chi connectivity index (χ4n) is 6.29. The summed E-state index contributed by atoms with van der Waals surface area (Å²) in [5.74, 6) is 1.66. The van der Waals surface area contributed by atoms with Crippen molar-refractivity contribution in [2.45, 2.75) is 90.0 Å². The second-order valence-electron chi connectivity index (χ2n) is 14.6. The number of rotatable bonds is 7. The highest BCUT2D eigenvalue weighted by molar-refractivity contribution is 5.72. The number of amides is 1. The van der Waals surface area contributed by atoms with E-state index in [1.165, 1.54) is 4.90 Å². The number of ether oxygens (including phenoxy) is 2. The molecule has 6 rings (SSSR count). The molecule has 2 aliphatic rings. The minimum atomic E-state index is -1.14. The molecule has 2 N–H and O–H groups in total. The molecule has 2 saturated heterocycles. The number of nitrogens with zero attached hydrogens (tertiary/aromatic N) is 4. The van der Waals surface area contributed by atoms with Gasteiger partial charge in [-0.1, -0.05) is 48.5 Å². The molecule has 0 bridgehead atoms. The van der Waals surface area contributed by atoms with Crippen LogP contribution in [0.25, 0.3) is 33.6 Å². The number of hydrogen-bond donors (Lipinski definition) is 2. The van der Waals surface area contributed by atoms with Gasteiger partial charge in [-0.15, -0.1) is 0 Å². The lowest BCUT2D eigenvalue weighted by Crippen LogP contribution is -2.37. The van der Waals surface area contributed by atoms with Crippen molar-refractivity contribution in [2.75, 3.05) is 13.1 Å². The third-order valence-corrected chi connectivity index (χ3v) is 8.42. The number of likely N-dealkylation sites (tertiary alicyclic amines) is 2. The van der Waals surface area contributed by atoms with Gasteiger partial charge in [-0.05, 0) is 70.4 Å². The molecule has 11 heteroatoms. The number of carbonyl (C=O) groups is 1. The van der Waals surface area contributed by atoms with Gasteiger partial charge in [0, 0.05) is 12.8 Å². The molecule has 4 aromatic rings. The molecule has 1 amide bonds. The van der Waals surface area contributed by atoms with Crippen LogP contribution in [0.2, 0.25) is 0 Å². The largest absolute Gasteiger partial charge is 0.474 e. The Kier molecular flexibility index (Phi) is 8.82. The second-order valence-corrected chi connectivity index (χ2v) is 14.6. The van der Waals surface area contributed by atoms with Crippen molar-refractivity contribution in [3.8, 4) is 33.6 Å². The Morgan fingerprint density at radius 3 is 1.54 bits per heavy atom. The summed E-state index contributed by atoms with van der Waals surface area (Å²) in [5, 5.41) is 0. The summed E-state index contributed by atoms with van der Waals surface area (Å²) in [4.78, 5) is 31.8. The minimum Gasteiger partial charge on any atom is -0.474 e. The molecule has 0 unspecified atom stereocenters. The Hall–Kier alpha value is -4.67. The van der Waals surface area contributed by atoms with Crippen LogP contribution >= 0.6 is 0 Å². The van der Waals surface area contributed by atoms with Crippen LogP contribution in [0, 0.1) is 0 Å². The highest BCUT2D eigenvalue weighted by Crippen LogP contribution is 2.38. The Morgan fingerprint density at radius 1 is 0.708 bits per heavy atom. The van der Waals surface area contributed by atoms with Gasteiger partial charge in [-0.3, -0.25) is 4.90 Å². The molecule has 2 fully saturated rings. The van der Waals surface area contributed by atoms with Crippen LogP contribution in [-0.4, -0.2) is 72.5 Å². The number of aromatic amines is 2. The van der Waals surface area contributed by atoms with E-state index in [0.717, 1.165) is 33.6 Å². The van der Waals surface area contributed by atoms with Gasteiger partial charge in [0.05, 0.1) is 49.0 Å². The van der Waals surface area contributed by atoms with Crippen molar-refractivity contribution < 1.29 is 23.0 Å². The molecule has 254 valence electrons. The molecule has 0 spiro atoms. The van der Waals surface area contributed by atoms with E-state index in [9.17, 15) is 13.6 Å². The van der Waals surface area contributed by atoms with Crippen molar-refractivity contribution in [3.05, 3.63) is 85.0 Å². The first kappa shape index (κ1) is 33.2. The molecule has 2 aromatic heterocycles. The van der Waals surface area contributed by atoms with Gasteiger partial charge in [0.25, 0.3) is 0 Å². The Labute approximate surface area is 280 Å². The number of aromatic nitrogens is 4. The summed E-state index contributed by atoms with van der Waals surface area (Å²) >= 11 is 0. The summed E-state index contributed by atoms with van der Waals surface area (Å²) in [5.41, 5.74) is 4.49. The standard InChI is InChI=1S/C37H44F2N6O3/c1-22(47-36(2,3)4)44-20-27(38)16-31(44)33-40-18-29(42-33)25-12-8-23(9-13-25)24-10-14-26(15-11-24)30-19-41-34(43-30)32-17-28(39)21-45(32)35(46)48-37(5,6)7/h8-15,18-19,27-28,31-32H,1,16-17,20-21H2,2-7H3,(H,40,42)(H,41,43)/t27-,28-,31+,32+/m1/s1. The summed E-state index contributed by atoms with van der Waals surface area (Å²) in [6.45, 7) is 15.5. The van der Waals surface area contributed by atoms with Crippen LogP contribution in [0.15, 0.2) is 73.4 Å². The normalized spacial score (nSPS) is 21.5. The molecule has 0 saturated carbocycles. The van der Waals surface area contributed by atoms with Crippen molar-refractivity contribution in [1.29, 1.82) is 0 Å². The number of H-pyrrole nitrogens is 2. The third kappa shape index (κ3) is 7.40. The molecule has 48 heavy (non-hydrogen) atoms. The first-order chi connectivity index (χ1) is 22.6. The van der Waals surface area contributed by atoms with E-state index in [1.807, 2.05) is 62.1 Å². The predicted molar refractivity (Wildman–Crippen MR) is 181 cm³/mol. The van der Waals surface area contributed by atoms with Gasteiger partial charge in [0.15, 0.2) is 5.88 Å². The molecule has 4 heterocycles. The van der Waals surface area contributed by atoms with Gasteiger partial charge in [-0.2, -0.15) is 0 Å². The fourth-order valence-corrected chi connectivity index (χ4v) is 6.29.